The molecule has 1 aromatic carbocycles. The van der Waals surface area contributed by atoms with E-state index in [4.69, 9.17) is 4.74 Å². The summed E-state index contributed by atoms with van der Waals surface area (Å²) in [6.45, 7) is 7.76. The Balaban J connectivity index is 1.45. The van der Waals surface area contributed by atoms with E-state index < -0.39 is 0 Å². The second-order valence-electron chi connectivity index (χ2n) is 7.49. The van der Waals surface area contributed by atoms with E-state index in [0.717, 1.165) is 43.2 Å². The number of hydrogen-bond acceptors (Lipinski definition) is 5. The summed E-state index contributed by atoms with van der Waals surface area (Å²) in [5.41, 5.74) is 2.44. The van der Waals surface area contributed by atoms with Crippen molar-refractivity contribution in [3.63, 3.8) is 0 Å². The number of pyridine rings is 1. The first kappa shape index (κ1) is 21.6. The van der Waals surface area contributed by atoms with Crippen molar-refractivity contribution in [2.45, 2.75) is 33.0 Å². The van der Waals surface area contributed by atoms with Gasteiger partial charge in [0, 0.05) is 44.0 Å². The fourth-order valence-corrected chi connectivity index (χ4v) is 3.05. The van der Waals surface area contributed by atoms with Crippen LogP contribution >= 0.6 is 0 Å². The molecular formula is C22H29N5O3. The van der Waals surface area contributed by atoms with Gasteiger partial charge in [0.15, 0.2) is 0 Å². The molecule has 8 heteroatoms. The number of aromatic nitrogens is 1. The van der Waals surface area contributed by atoms with Crippen molar-refractivity contribution in [1.29, 1.82) is 0 Å². The Morgan fingerprint density at radius 1 is 1.00 bits per heavy atom. The number of carbonyl (C=O) groups is 2. The third kappa shape index (κ3) is 6.45. The lowest BCUT2D eigenvalue weighted by Crippen LogP contribution is -2.39. The van der Waals surface area contributed by atoms with E-state index in [1.165, 1.54) is 0 Å². The summed E-state index contributed by atoms with van der Waals surface area (Å²) in [5.74, 6) is 0.781. The summed E-state index contributed by atoms with van der Waals surface area (Å²) < 4.78 is 5.36. The maximum absolute atomic E-state index is 12.4. The van der Waals surface area contributed by atoms with Crippen molar-refractivity contribution in [3.05, 3.63) is 59.3 Å². The van der Waals surface area contributed by atoms with E-state index in [1.807, 2.05) is 38.1 Å². The van der Waals surface area contributed by atoms with E-state index >= 15 is 0 Å². The van der Waals surface area contributed by atoms with Gasteiger partial charge in [-0.3, -0.25) is 4.79 Å². The summed E-state index contributed by atoms with van der Waals surface area (Å²) in [4.78, 5) is 30.7. The van der Waals surface area contributed by atoms with Crippen LogP contribution in [-0.4, -0.2) is 49.3 Å². The number of urea groups is 1. The summed E-state index contributed by atoms with van der Waals surface area (Å²) in [6, 6.07) is 11.0. The summed E-state index contributed by atoms with van der Waals surface area (Å²) in [6.07, 6.45) is 1.79. The van der Waals surface area contributed by atoms with Crippen LogP contribution in [0.15, 0.2) is 42.6 Å². The number of anilines is 1. The molecule has 2 heterocycles. The van der Waals surface area contributed by atoms with Crippen LogP contribution in [0.25, 0.3) is 0 Å². The van der Waals surface area contributed by atoms with Crippen molar-refractivity contribution in [2.75, 3.05) is 31.2 Å². The van der Waals surface area contributed by atoms with Gasteiger partial charge in [-0.1, -0.05) is 18.2 Å². The standard InChI is InChI=1S/C22H29N5O3/c1-16(2)26-22(29)25-13-17-3-6-19(7-4-17)21(28)24-15-18-5-8-20(23-14-18)27-9-11-30-12-10-27/h3-8,14,16H,9-13,15H2,1-2H3,(H,24,28)(H2,25,26,29). The predicted octanol–water partition coefficient (Wildman–Crippen LogP) is 2.06. The van der Waals surface area contributed by atoms with Crippen LogP contribution in [-0.2, 0) is 17.8 Å². The van der Waals surface area contributed by atoms with Crippen LogP contribution in [0.1, 0.15) is 35.3 Å². The number of nitrogens with zero attached hydrogens (tertiary/aromatic N) is 2. The minimum Gasteiger partial charge on any atom is -0.378 e. The molecule has 0 atom stereocenters. The molecule has 0 bridgehead atoms. The fourth-order valence-electron chi connectivity index (χ4n) is 3.05. The van der Waals surface area contributed by atoms with E-state index in [1.54, 1.807) is 18.3 Å². The molecule has 0 unspecified atom stereocenters. The molecule has 30 heavy (non-hydrogen) atoms. The van der Waals surface area contributed by atoms with Gasteiger partial charge in [-0.2, -0.15) is 0 Å². The largest absolute Gasteiger partial charge is 0.378 e. The Morgan fingerprint density at radius 2 is 1.67 bits per heavy atom. The van der Waals surface area contributed by atoms with Gasteiger partial charge >= 0.3 is 6.03 Å². The Kier molecular flexibility index (Phi) is 7.62. The van der Waals surface area contributed by atoms with Crippen LogP contribution in [0, 0.1) is 0 Å². The highest BCUT2D eigenvalue weighted by molar-refractivity contribution is 5.94. The first-order chi connectivity index (χ1) is 14.5. The van der Waals surface area contributed by atoms with E-state index in [9.17, 15) is 9.59 Å². The Labute approximate surface area is 177 Å². The summed E-state index contributed by atoms with van der Waals surface area (Å²) >= 11 is 0. The quantitative estimate of drug-likeness (QED) is 0.648. The van der Waals surface area contributed by atoms with E-state index in [2.05, 4.69) is 25.8 Å². The van der Waals surface area contributed by atoms with Gasteiger partial charge in [0.1, 0.15) is 5.82 Å². The number of morpholine rings is 1. The maximum atomic E-state index is 12.4. The van der Waals surface area contributed by atoms with Gasteiger partial charge in [-0.25, -0.2) is 9.78 Å². The first-order valence-corrected chi connectivity index (χ1v) is 10.2. The molecule has 1 aliphatic heterocycles. The Bertz CT molecular complexity index is 831. The molecule has 1 fully saturated rings. The molecule has 160 valence electrons. The molecule has 1 aromatic heterocycles. The van der Waals surface area contributed by atoms with Gasteiger partial charge < -0.3 is 25.6 Å². The highest BCUT2D eigenvalue weighted by atomic mass is 16.5. The third-order valence-corrected chi connectivity index (χ3v) is 4.69. The summed E-state index contributed by atoms with van der Waals surface area (Å²) in [7, 11) is 0. The average molecular weight is 412 g/mol. The number of ether oxygens (including phenoxy) is 1. The molecule has 1 saturated heterocycles. The molecule has 8 nitrogen and oxygen atoms in total. The van der Waals surface area contributed by atoms with E-state index in [0.29, 0.717) is 18.7 Å². The Morgan fingerprint density at radius 3 is 2.30 bits per heavy atom. The molecular weight excluding hydrogens is 382 g/mol. The van der Waals surface area contributed by atoms with Crippen LogP contribution in [0.3, 0.4) is 0 Å². The predicted molar refractivity (Wildman–Crippen MR) is 115 cm³/mol. The first-order valence-electron chi connectivity index (χ1n) is 10.2. The second-order valence-corrected chi connectivity index (χ2v) is 7.49. The normalized spacial score (nSPS) is 13.8. The third-order valence-electron chi connectivity index (χ3n) is 4.69. The number of hydrogen-bond donors (Lipinski definition) is 3. The Hall–Kier alpha value is -3.13. The molecule has 1 aliphatic rings. The number of rotatable bonds is 7. The second kappa shape index (κ2) is 10.6. The SMILES string of the molecule is CC(C)NC(=O)NCc1ccc(C(=O)NCc2ccc(N3CCOCC3)nc2)cc1. The zero-order valence-corrected chi connectivity index (χ0v) is 17.5. The van der Waals surface area contributed by atoms with Gasteiger partial charge in [-0.05, 0) is 43.2 Å². The molecule has 3 N–H and O–H groups in total. The van der Waals surface area contributed by atoms with Crippen molar-refractivity contribution < 1.29 is 14.3 Å². The molecule has 0 saturated carbocycles. The molecule has 3 amide bonds. The molecule has 3 rings (SSSR count). The van der Waals surface area contributed by atoms with Gasteiger partial charge in [0.05, 0.1) is 13.2 Å². The zero-order chi connectivity index (χ0) is 21.3. The highest BCUT2D eigenvalue weighted by Gasteiger charge is 2.12. The lowest BCUT2D eigenvalue weighted by atomic mass is 10.1. The minimum atomic E-state index is -0.208. The topological polar surface area (TPSA) is 95.6 Å². The molecule has 0 aliphatic carbocycles. The molecule has 2 aromatic rings. The average Bonchev–Trinajstić information content (AvgIpc) is 2.77. The van der Waals surface area contributed by atoms with Gasteiger partial charge in [0.25, 0.3) is 5.91 Å². The van der Waals surface area contributed by atoms with Crippen molar-refractivity contribution in [2.24, 2.45) is 0 Å². The number of benzene rings is 1. The van der Waals surface area contributed by atoms with Crippen LogP contribution in [0.4, 0.5) is 10.6 Å². The van der Waals surface area contributed by atoms with Gasteiger partial charge in [-0.15, -0.1) is 0 Å². The number of amides is 3. The molecule has 0 radical (unpaired) electrons. The monoisotopic (exact) mass is 411 g/mol. The van der Waals surface area contributed by atoms with Crippen LogP contribution in [0.5, 0.6) is 0 Å². The van der Waals surface area contributed by atoms with E-state index in [-0.39, 0.29) is 18.0 Å². The van der Waals surface area contributed by atoms with Crippen molar-refractivity contribution in [1.82, 2.24) is 20.9 Å². The summed E-state index contributed by atoms with van der Waals surface area (Å²) in [5, 5.41) is 8.47. The minimum absolute atomic E-state index is 0.0850. The van der Waals surface area contributed by atoms with Gasteiger partial charge in [0.2, 0.25) is 0 Å². The number of nitrogens with one attached hydrogen (secondary N) is 3. The fraction of sp³-hybridized carbons (Fsp3) is 0.409. The number of carbonyl (C=O) groups excluding carboxylic acids is 2. The van der Waals surface area contributed by atoms with Crippen molar-refractivity contribution in [3.8, 4) is 0 Å². The lowest BCUT2D eigenvalue weighted by molar-refractivity contribution is 0.0950. The lowest BCUT2D eigenvalue weighted by Gasteiger charge is -2.27. The highest BCUT2D eigenvalue weighted by Crippen LogP contribution is 2.13. The van der Waals surface area contributed by atoms with Crippen LogP contribution in [0.2, 0.25) is 0 Å². The smallest absolute Gasteiger partial charge is 0.315 e. The molecule has 0 spiro atoms. The van der Waals surface area contributed by atoms with Crippen molar-refractivity contribution >= 4 is 17.8 Å². The zero-order valence-electron chi connectivity index (χ0n) is 17.5. The van der Waals surface area contributed by atoms with Crippen LogP contribution < -0.4 is 20.9 Å². The maximum Gasteiger partial charge on any atom is 0.315 e.